The summed E-state index contributed by atoms with van der Waals surface area (Å²) in [7, 11) is 0. The molecule has 1 nitrogen and oxygen atoms in total. The third-order valence-corrected chi connectivity index (χ3v) is 5.95. The van der Waals surface area contributed by atoms with Gasteiger partial charge in [0, 0.05) is 11.6 Å². The Kier molecular flexibility index (Phi) is 5.81. The SMILES string of the molecule is CCNC(c1cc(Cl)sc1Cl)C1(CC(C)C)CCCC1. The second kappa shape index (κ2) is 7.00. The molecule has 0 bridgehead atoms. The summed E-state index contributed by atoms with van der Waals surface area (Å²) >= 11 is 14.1. The van der Waals surface area contributed by atoms with Gasteiger partial charge in [-0.2, -0.15) is 0 Å². The van der Waals surface area contributed by atoms with Gasteiger partial charge in [-0.25, -0.2) is 0 Å². The molecule has 1 aromatic rings. The van der Waals surface area contributed by atoms with E-state index in [9.17, 15) is 0 Å². The topological polar surface area (TPSA) is 12.0 Å². The predicted octanol–water partition coefficient (Wildman–Crippen LogP) is 6.31. The van der Waals surface area contributed by atoms with E-state index >= 15 is 0 Å². The van der Waals surface area contributed by atoms with Crippen molar-refractivity contribution in [3.8, 4) is 0 Å². The molecule has 0 amide bonds. The van der Waals surface area contributed by atoms with Crippen molar-refractivity contribution in [3.63, 3.8) is 0 Å². The number of thiophene rings is 1. The Hall–Kier alpha value is 0.240. The van der Waals surface area contributed by atoms with Gasteiger partial charge in [-0.15, -0.1) is 11.3 Å². The highest BCUT2D eigenvalue weighted by atomic mass is 35.5. The van der Waals surface area contributed by atoms with Crippen molar-refractivity contribution >= 4 is 34.5 Å². The van der Waals surface area contributed by atoms with E-state index in [1.165, 1.54) is 49.0 Å². The molecule has 1 aliphatic rings. The first-order valence-corrected chi connectivity index (χ1v) is 9.24. The van der Waals surface area contributed by atoms with E-state index in [2.05, 4.69) is 32.2 Å². The van der Waals surface area contributed by atoms with E-state index in [1.54, 1.807) is 0 Å². The quantitative estimate of drug-likeness (QED) is 0.642. The molecule has 0 radical (unpaired) electrons. The van der Waals surface area contributed by atoms with Gasteiger partial charge in [0.15, 0.2) is 0 Å². The molecule has 1 unspecified atom stereocenters. The molecule has 1 aliphatic carbocycles. The minimum absolute atomic E-state index is 0.341. The lowest BCUT2D eigenvalue weighted by Crippen LogP contribution is -2.37. The highest BCUT2D eigenvalue weighted by Crippen LogP contribution is 2.53. The fraction of sp³-hybridized carbons (Fsp3) is 0.750. The molecule has 4 heteroatoms. The minimum atomic E-state index is 0.341. The first-order chi connectivity index (χ1) is 9.48. The van der Waals surface area contributed by atoms with E-state index in [0.29, 0.717) is 17.4 Å². The molecule has 2 rings (SSSR count). The number of hydrogen-bond acceptors (Lipinski definition) is 2. The summed E-state index contributed by atoms with van der Waals surface area (Å²) in [5.41, 5.74) is 1.56. The van der Waals surface area contributed by atoms with Gasteiger partial charge in [-0.05, 0) is 43.2 Å². The van der Waals surface area contributed by atoms with Crippen LogP contribution in [0.25, 0.3) is 0 Å². The maximum atomic E-state index is 6.45. The van der Waals surface area contributed by atoms with Gasteiger partial charge in [-0.1, -0.05) is 56.8 Å². The van der Waals surface area contributed by atoms with Crippen molar-refractivity contribution < 1.29 is 0 Å². The number of hydrogen-bond donors (Lipinski definition) is 1. The molecule has 1 aromatic heterocycles. The lowest BCUT2D eigenvalue weighted by atomic mass is 9.70. The van der Waals surface area contributed by atoms with E-state index in [-0.39, 0.29) is 0 Å². The van der Waals surface area contributed by atoms with Crippen LogP contribution in [0.5, 0.6) is 0 Å². The largest absolute Gasteiger partial charge is 0.310 e. The number of rotatable bonds is 6. The third kappa shape index (κ3) is 3.52. The van der Waals surface area contributed by atoms with Crippen LogP contribution in [0, 0.1) is 11.3 Å². The van der Waals surface area contributed by atoms with Crippen LogP contribution < -0.4 is 5.32 Å². The molecule has 0 saturated heterocycles. The van der Waals surface area contributed by atoms with Crippen LogP contribution >= 0.6 is 34.5 Å². The molecule has 1 atom stereocenters. The Bertz CT molecular complexity index is 436. The number of halogens is 2. The lowest BCUT2D eigenvalue weighted by molar-refractivity contribution is 0.157. The van der Waals surface area contributed by atoms with Gasteiger partial charge in [-0.3, -0.25) is 0 Å². The average Bonchev–Trinajstić information content (AvgIpc) is 2.93. The van der Waals surface area contributed by atoms with Gasteiger partial charge < -0.3 is 5.32 Å². The molecule has 1 heterocycles. The van der Waals surface area contributed by atoms with E-state index in [1.807, 2.05) is 0 Å². The van der Waals surface area contributed by atoms with Gasteiger partial charge in [0.25, 0.3) is 0 Å². The maximum absolute atomic E-state index is 6.45. The summed E-state index contributed by atoms with van der Waals surface area (Å²) in [5, 5.41) is 3.70. The summed E-state index contributed by atoms with van der Waals surface area (Å²) < 4.78 is 1.65. The van der Waals surface area contributed by atoms with Crippen LogP contribution in [-0.2, 0) is 0 Å². The lowest BCUT2D eigenvalue weighted by Gasteiger charge is -2.40. The highest BCUT2D eigenvalue weighted by molar-refractivity contribution is 7.20. The van der Waals surface area contributed by atoms with Crippen molar-refractivity contribution in [1.29, 1.82) is 0 Å². The van der Waals surface area contributed by atoms with Crippen LogP contribution in [0.2, 0.25) is 8.67 Å². The summed E-state index contributed by atoms with van der Waals surface area (Å²) in [6.45, 7) is 7.79. The molecule has 0 spiro atoms. The summed E-state index contributed by atoms with van der Waals surface area (Å²) in [4.78, 5) is 0. The zero-order valence-electron chi connectivity index (χ0n) is 12.6. The van der Waals surface area contributed by atoms with Gasteiger partial charge in [0.2, 0.25) is 0 Å². The maximum Gasteiger partial charge on any atom is 0.0992 e. The van der Waals surface area contributed by atoms with Crippen LogP contribution in [0.3, 0.4) is 0 Å². The monoisotopic (exact) mass is 333 g/mol. The van der Waals surface area contributed by atoms with E-state index in [4.69, 9.17) is 23.2 Å². The van der Waals surface area contributed by atoms with Crippen LogP contribution in [0.1, 0.15) is 64.5 Å². The predicted molar refractivity (Wildman–Crippen MR) is 91.1 cm³/mol. The van der Waals surface area contributed by atoms with Crippen molar-refractivity contribution in [2.45, 2.75) is 58.9 Å². The molecule has 0 aromatic carbocycles. The molecule has 1 fully saturated rings. The Labute approximate surface area is 137 Å². The Balaban J connectivity index is 2.36. The fourth-order valence-corrected chi connectivity index (χ4v) is 5.45. The smallest absolute Gasteiger partial charge is 0.0992 e. The summed E-state index contributed by atoms with van der Waals surface area (Å²) in [5.74, 6) is 0.710. The third-order valence-electron chi connectivity index (χ3n) is 4.43. The minimum Gasteiger partial charge on any atom is -0.310 e. The van der Waals surface area contributed by atoms with Crippen LogP contribution in [0.4, 0.5) is 0 Å². The summed E-state index contributed by atoms with van der Waals surface area (Å²) in [6.07, 6.45) is 6.53. The van der Waals surface area contributed by atoms with Gasteiger partial charge in [0.05, 0.1) is 8.67 Å². The number of nitrogens with one attached hydrogen (secondary N) is 1. The average molecular weight is 334 g/mol. The first kappa shape index (κ1) is 16.6. The van der Waals surface area contributed by atoms with E-state index in [0.717, 1.165) is 15.2 Å². The Morgan fingerprint density at radius 1 is 1.30 bits per heavy atom. The highest BCUT2D eigenvalue weighted by Gasteiger charge is 2.43. The van der Waals surface area contributed by atoms with Crippen molar-refractivity contribution in [1.82, 2.24) is 5.32 Å². The molecular weight excluding hydrogens is 309 g/mol. The van der Waals surface area contributed by atoms with Gasteiger partial charge >= 0.3 is 0 Å². The fourth-order valence-electron chi connectivity index (χ4n) is 3.91. The van der Waals surface area contributed by atoms with Crippen molar-refractivity contribution in [2.24, 2.45) is 11.3 Å². The van der Waals surface area contributed by atoms with Crippen molar-refractivity contribution in [3.05, 3.63) is 20.3 Å². The molecule has 20 heavy (non-hydrogen) atoms. The van der Waals surface area contributed by atoms with Gasteiger partial charge in [0.1, 0.15) is 0 Å². The molecule has 0 aliphatic heterocycles. The zero-order valence-corrected chi connectivity index (χ0v) is 15.0. The normalized spacial score (nSPS) is 19.7. The Morgan fingerprint density at radius 3 is 2.40 bits per heavy atom. The molecule has 1 saturated carbocycles. The summed E-state index contributed by atoms with van der Waals surface area (Å²) in [6, 6.07) is 2.41. The Morgan fingerprint density at radius 2 is 1.95 bits per heavy atom. The second-order valence-electron chi connectivity index (χ2n) is 6.44. The molecular formula is C16H25Cl2NS. The second-order valence-corrected chi connectivity index (χ2v) is 8.72. The first-order valence-electron chi connectivity index (χ1n) is 7.66. The zero-order chi connectivity index (χ0) is 14.8. The molecule has 114 valence electrons. The van der Waals surface area contributed by atoms with E-state index < -0.39 is 0 Å². The van der Waals surface area contributed by atoms with Crippen LogP contribution in [0.15, 0.2) is 6.07 Å². The van der Waals surface area contributed by atoms with Crippen LogP contribution in [-0.4, -0.2) is 6.54 Å². The van der Waals surface area contributed by atoms with Crippen molar-refractivity contribution in [2.75, 3.05) is 6.54 Å². The standard InChI is InChI=1S/C16H25Cl2NS/c1-4-19-14(12-9-13(17)20-15(12)18)16(10-11(2)3)7-5-6-8-16/h9,11,14,19H,4-8,10H2,1-3H3. The molecule has 1 N–H and O–H groups in total.